The topological polar surface area (TPSA) is 81.8 Å². The lowest BCUT2D eigenvalue weighted by atomic mass is 9.87. The Balaban J connectivity index is 1.47. The molecule has 0 bridgehead atoms. The van der Waals surface area contributed by atoms with Gasteiger partial charge in [-0.15, -0.1) is 11.3 Å². The first-order chi connectivity index (χ1) is 14.5. The van der Waals surface area contributed by atoms with Crippen molar-refractivity contribution >= 4 is 29.2 Å². The zero-order chi connectivity index (χ0) is 21.3. The van der Waals surface area contributed by atoms with Crippen molar-refractivity contribution in [1.29, 1.82) is 0 Å². The van der Waals surface area contributed by atoms with E-state index < -0.39 is 17.5 Å². The van der Waals surface area contributed by atoms with Gasteiger partial charge in [-0.25, -0.2) is 4.79 Å². The van der Waals surface area contributed by atoms with E-state index in [1.165, 1.54) is 10.4 Å². The van der Waals surface area contributed by atoms with Crippen molar-refractivity contribution in [1.82, 2.24) is 20.7 Å². The Morgan fingerprint density at radius 1 is 1.23 bits per heavy atom. The van der Waals surface area contributed by atoms with Crippen LogP contribution >= 0.6 is 11.3 Å². The van der Waals surface area contributed by atoms with E-state index in [0.29, 0.717) is 12.0 Å². The molecule has 2 aliphatic heterocycles. The van der Waals surface area contributed by atoms with E-state index in [1.807, 2.05) is 37.3 Å². The zero-order valence-electron chi connectivity index (χ0n) is 17.2. The summed E-state index contributed by atoms with van der Waals surface area (Å²) in [6, 6.07) is 10.8. The lowest BCUT2D eigenvalue weighted by molar-refractivity contribution is -0.140. The number of amides is 4. The van der Waals surface area contributed by atoms with E-state index in [1.54, 1.807) is 11.3 Å². The monoisotopic (exact) mass is 426 g/mol. The number of carbonyl (C=O) groups is 3. The van der Waals surface area contributed by atoms with Gasteiger partial charge in [0.15, 0.2) is 0 Å². The number of nitrogens with zero attached hydrogens (tertiary/aromatic N) is 2. The summed E-state index contributed by atoms with van der Waals surface area (Å²) in [4.78, 5) is 42.0. The highest BCUT2D eigenvalue weighted by Gasteiger charge is 2.52. The summed E-state index contributed by atoms with van der Waals surface area (Å²) in [5.41, 5.74) is 3.37. The molecule has 2 N–H and O–H groups in total. The smallest absolute Gasteiger partial charge is 0.318 e. The minimum absolute atomic E-state index is 0.134. The van der Waals surface area contributed by atoms with Gasteiger partial charge in [0.1, 0.15) is 5.54 Å². The molecule has 30 heavy (non-hydrogen) atoms. The Bertz CT molecular complexity index is 960. The number of fused-ring (bicyclic) bond motifs is 1. The van der Waals surface area contributed by atoms with Crippen LogP contribution in [0.5, 0.6) is 0 Å². The van der Waals surface area contributed by atoms with Gasteiger partial charge in [-0.05, 0) is 41.8 Å². The van der Waals surface area contributed by atoms with Gasteiger partial charge >= 0.3 is 6.03 Å². The number of hydrazine groups is 1. The summed E-state index contributed by atoms with van der Waals surface area (Å²) in [7, 11) is 0. The first kappa shape index (κ1) is 20.6. The van der Waals surface area contributed by atoms with Crippen molar-refractivity contribution < 1.29 is 14.4 Å². The number of rotatable bonds is 6. The summed E-state index contributed by atoms with van der Waals surface area (Å²) in [5.74, 6) is -0.823. The molecule has 7 nitrogen and oxygen atoms in total. The molecule has 0 spiro atoms. The van der Waals surface area contributed by atoms with Gasteiger partial charge in [0.25, 0.3) is 11.8 Å². The Morgan fingerprint density at radius 3 is 2.70 bits per heavy atom. The Hall–Kier alpha value is -2.71. The van der Waals surface area contributed by atoms with Crippen LogP contribution in [0, 0.1) is 0 Å². The third-order valence-electron chi connectivity index (χ3n) is 6.06. The van der Waals surface area contributed by atoms with Gasteiger partial charge in [0.05, 0.1) is 6.54 Å². The van der Waals surface area contributed by atoms with Gasteiger partial charge in [-0.3, -0.25) is 19.9 Å². The third kappa shape index (κ3) is 3.40. The second-order valence-electron chi connectivity index (χ2n) is 7.67. The molecule has 4 rings (SSSR count). The molecule has 0 radical (unpaired) electrons. The molecule has 1 fully saturated rings. The number of nitrogens with one attached hydrogen (secondary N) is 2. The summed E-state index contributed by atoms with van der Waals surface area (Å²) >= 11 is 1.76. The summed E-state index contributed by atoms with van der Waals surface area (Å²) in [6.45, 7) is 4.86. The standard InChI is InChI=1S/C22H26N4O3S/c1-3-17-16-11-13-30-18(16)10-12-25(17)14-19(27)24-26-20(28)22(4-2,23-21(26)29)15-8-6-5-7-9-15/h5-9,11,13,17H,3-4,10,12,14H2,1-2H3,(H,23,29)(H,24,27). The van der Waals surface area contributed by atoms with Crippen LogP contribution in [0.15, 0.2) is 41.8 Å². The lowest BCUT2D eigenvalue weighted by Gasteiger charge is -2.35. The minimum atomic E-state index is -1.16. The molecular weight excluding hydrogens is 400 g/mol. The maximum absolute atomic E-state index is 13.2. The number of hydrogen-bond donors (Lipinski definition) is 2. The number of carbonyl (C=O) groups excluding carboxylic acids is 3. The van der Waals surface area contributed by atoms with E-state index in [4.69, 9.17) is 0 Å². The molecular formula is C22H26N4O3S. The predicted octanol–water partition coefficient (Wildman–Crippen LogP) is 2.95. The number of hydrogen-bond acceptors (Lipinski definition) is 5. The molecule has 2 unspecified atom stereocenters. The average molecular weight is 427 g/mol. The molecule has 158 valence electrons. The fourth-order valence-electron chi connectivity index (χ4n) is 4.50. The maximum Gasteiger partial charge on any atom is 0.344 e. The third-order valence-corrected chi connectivity index (χ3v) is 7.06. The molecule has 1 saturated heterocycles. The van der Waals surface area contributed by atoms with Crippen molar-refractivity contribution in [3.63, 3.8) is 0 Å². The van der Waals surface area contributed by atoms with Crippen LogP contribution in [-0.4, -0.2) is 40.8 Å². The molecule has 2 aliphatic rings. The molecule has 1 aromatic heterocycles. The molecule has 3 heterocycles. The average Bonchev–Trinajstić information content (AvgIpc) is 3.33. The van der Waals surface area contributed by atoms with Gasteiger partial charge in [-0.1, -0.05) is 44.2 Å². The second-order valence-corrected chi connectivity index (χ2v) is 8.67. The minimum Gasteiger partial charge on any atom is -0.318 e. The summed E-state index contributed by atoms with van der Waals surface area (Å²) in [6.07, 6.45) is 2.19. The van der Waals surface area contributed by atoms with Crippen molar-refractivity contribution in [3.8, 4) is 0 Å². The van der Waals surface area contributed by atoms with E-state index in [-0.39, 0.29) is 18.5 Å². The second kappa shape index (κ2) is 8.20. The van der Waals surface area contributed by atoms with Crippen LogP contribution in [0.1, 0.15) is 48.7 Å². The van der Waals surface area contributed by atoms with E-state index in [0.717, 1.165) is 24.4 Å². The van der Waals surface area contributed by atoms with Gasteiger partial charge in [0.2, 0.25) is 0 Å². The molecule has 8 heteroatoms. The lowest BCUT2D eigenvalue weighted by Crippen LogP contribution is -2.52. The van der Waals surface area contributed by atoms with Crippen LogP contribution in [-0.2, 0) is 21.5 Å². The van der Waals surface area contributed by atoms with Crippen LogP contribution in [0.3, 0.4) is 0 Å². The van der Waals surface area contributed by atoms with E-state index in [2.05, 4.69) is 34.0 Å². The van der Waals surface area contributed by atoms with E-state index >= 15 is 0 Å². The number of benzene rings is 1. The van der Waals surface area contributed by atoms with Gasteiger partial charge in [0, 0.05) is 17.5 Å². The molecule has 0 aliphatic carbocycles. The van der Waals surface area contributed by atoms with Crippen LogP contribution in [0.2, 0.25) is 0 Å². The normalized spacial score (nSPS) is 23.9. The van der Waals surface area contributed by atoms with Crippen molar-refractivity contribution in [2.75, 3.05) is 13.1 Å². The largest absolute Gasteiger partial charge is 0.344 e. The molecule has 1 aromatic carbocycles. The van der Waals surface area contributed by atoms with Gasteiger partial charge < -0.3 is 5.32 Å². The van der Waals surface area contributed by atoms with E-state index in [9.17, 15) is 14.4 Å². The SMILES string of the molecule is CCC1c2ccsc2CCN1CC(=O)NN1C(=O)NC(CC)(c2ccccc2)C1=O. The van der Waals surface area contributed by atoms with Crippen LogP contribution < -0.4 is 10.7 Å². The fourth-order valence-corrected chi connectivity index (χ4v) is 5.43. The highest BCUT2D eigenvalue weighted by molar-refractivity contribution is 7.10. The Kier molecular flexibility index (Phi) is 5.62. The molecule has 2 aromatic rings. The molecule has 2 atom stereocenters. The summed E-state index contributed by atoms with van der Waals surface area (Å²) < 4.78 is 0. The van der Waals surface area contributed by atoms with Crippen molar-refractivity contribution in [2.45, 2.75) is 44.7 Å². The molecule has 0 saturated carbocycles. The quantitative estimate of drug-likeness (QED) is 0.696. The van der Waals surface area contributed by atoms with Crippen molar-refractivity contribution in [2.24, 2.45) is 0 Å². The Labute approximate surface area is 180 Å². The van der Waals surface area contributed by atoms with Crippen LogP contribution in [0.4, 0.5) is 4.79 Å². The van der Waals surface area contributed by atoms with Crippen molar-refractivity contribution in [3.05, 3.63) is 57.8 Å². The highest BCUT2D eigenvalue weighted by atomic mass is 32.1. The zero-order valence-corrected chi connectivity index (χ0v) is 18.0. The summed E-state index contributed by atoms with van der Waals surface area (Å²) in [5, 5.41) is 5.71. The Morgan fingerprint density at radius 2 is 2.00 bits per heavy atom. The van der Waals surface area contributed by atoms with Gasteiger partial charge in [-0.2, -0.15) is 5.01 Å². The first-order valence-electron chi connectivity index (χ1n) is 10.3. The maximum atomic E-state index is 13.2. The van der Waals surface area contributed by atoms with Crippen LogP contribution in [0.25, 0.3) is 0 Å². The first-order valence-corrected chi connectivity index (χ1v) is 11.2. The number of urea groups is 1. The predicted molar refractivity (Wildman–Crippen MR) is 115 cm³/mol. The fraction of sp³-hybridized carbons (Fsp3) is 0.409. The highest BCUT2D eigenvalue weighted by Crippen LogP contribution is 2.35. The molecule has 4 amide bonds. The number of imide groups is 1. The number of thiophene rings is 1.